The Kier molecular flexibility index (Phi) is 5.55. The highest BCUT2D eigenvalue weighted by Crippen LogP contribution is 2.17. The fourth-order valence-electron chi connectivity index (χ4n) is 2.81. The maximum absolute atomic E-state index is 12.1. The number of hydrogen-bond acceptors (Lipinski definition) is 7. The van der Waals surface area contributed by atoms with Crippen molar-refractivity contribution < 1.29 is 14.5 Å². The second kappa shape index (κ2) is 8.21. The molecule has 10 nitrogen and oxygen atoms in total. The highest BCUT2D eigenvalue weighted by Gasteiger charge is 2.24. The zero-order valence-corrected chi connectivity index (χ0v) is 14.4. The van der Waals surface area contributed by atoms with Crippen LogP contribution in [0, 0.1) is 10.1 Å². The van der Waals surface area contributed by atoms with Crippen molar-refractivity contribution >= 4 is 29.1 Å². The Morgan fingerprint density at radius 1 is 1.11 bits per heavy atom. The molecule has 0 aliphatic carbocycles. The van der Waals surface area contributed by atoms with Crippen LogP contribution in [0.25, 0.3) is 0 Å². The number of nitrogens with one attached hydrogen (secondary N) is 2. The summed E-state index contributed by atoms with van der Waals surface area (Å²) < 4.78 is 0. The molecule has 1 aromatic carbocycles. The lowest BCUT2D eigenvalue weighted by Crippen LogP contribution is -2.48. The minimum Gasteiger partial charge on any atom is -0.345 e. The number of rotatable bonds is 4. The maximum atomic E-state index is 12.1. The van der Waals surface area contributed by atoms with Gasteiger partial charge in [0.1, 0.15) is 0 Å². The molecule has 10 heteroatoms. The third-order valence-electron chi connectivity index (χ3n) is 4.19. The third kappa shape index (κ3) is 4.75. The topological polar surface area (TPSA) is 130 Å². The number of nitro benzene ring substituents is 1. The normalized spacial score (nSPS) is 14.4. The van der Waals surface area contributed by atoms with Gasteiger partial charge < -0.3 is 15.5 Å². The largest absolute Gasteiger partial charge is 0.345 e. The number of piperidine rings is 1. The van der Waals surface area contributed by atoms with E-state index in [-0.39, 0.29) is 17.4 Å². The van der Waals surface area contributed by atoms with E-state index >= 15 is 0 Å². The Labute approximate surface area is 154 Å². The van der Waals surface area contributed by atoms with Gasteiger partial charge in [-0.15, -0.1) is 0 Å². The molecule has 1 aromatic heterocycles. The zero-order chi connectivity index (χ0) is 19.2. The fraction of sp³-hybridized carbons (Fsp3) is 0.294. The van der Waals surface area contributed by atoms with Gasteiger partial charge in [-0.3, -0.25) is 19.7 Å². The summed E-state index contributed by atoms with van der Waals surface area (Å²) >= 11 is 0. The summed E-state index contributed by atoms with van der Waals surface area (Å²) in [7, 11) is 0. The number of nitro groups is 1. The number of aromatic nitrogens is 2. The maximum Gasteiger partial charge on any atom is 0.313 e. The van der Waals surface area contributed by atoms with Crippen LogP contribution in [0.2, 0.25) is 0 Å². The lowest BCUT2D eigenvalue weighted by Gasteiger charge is -2.32. The molecular formula is C17H18N6O4. The molecule has 0 atom stereocenters. The Balaban J connectivity index is 1.50. The number of anilines is 2. The third-order valence-corrected chi connectivity index (χ3v) is 4.19. The summed E-state index contributed by atoms with van der Waals surface area (Å²) in [6.07, 6.45) is 4.67. The highest BCUT2D eigenvalue weighted by molar-refractivity contribution is 6.39. The first-order valence-electron chi connectivity index (χ1n) is 8.41. The van der Waals surface area contributed by atoms with E-state index in [4.69, 9.17) is 0 Å². The van der Waals surface area contributed by atoms with Crippen LogP contribution in [0.1, 0.15) is 12.8 Å². The standard InChI is InChI=1S/C17H18N6O4/c24-15(16(25)21-13-3-1-4-14(11-13)23(26)27)20-12-5-9-22(10-6-12)17-18-7-2-8-19-17/h1-4,7-8,11-12H,5-6,9-10H2,(H,20,24)(H,21,25). The summed E-state index contributed by atoms with van der Waals surface area (Å²) in [5, 5.41) is 15.8. The molecule has 1 saturated heterocycles. The molecule has 2 N–H and O–H groups in total. The molecule has 0 bridgehead atoms. The first-order valence-corrected chi connectivity index (χ1v) is 8.41. The van der Waals surface area contributed by atoms with Crippen molar-refractivity contribution in [1.82, 2.24) is 15.3 Å². The predicted octanol–water partition coefficient (Wildman–Crippen LogP) is 1.11. The van der Waals surface area contributed by atoms with Crippen LogP contribution >= 0.6 is 0 Å². The van der Waals surface area contributed by atoms with E-state index in [2.05, 4.69) is 20.6 Å². The van der Waals surface area contributed by atoms with Crippen molar-refractivity contribution in [3.63, 3.8) is 0 Å². The monoisotopic (exact) mass is 370 g/mol. The van der Waals surface area contributed by atoms with Gasteiger partial charge in [-0.1, -0.05) is 6.07 Å². The molecule has 2 heterocycles. The van der Waals surface area contributed by atoms with E-state index < -0.39 is 16.7 Å². The molecule has 3 rings (SSSR count). The van der Waals surface area contributed by atoms with Gasteiger partial charge in [0.05, 0.1) is 4.92 Å². The van der Waals surface area contributed by atoms with Gasteiger partial charge in [0.15, 0.2) is 0 Å². The number of nitrogens with zero attached hydrogens (tertiary/aromatic N) is 4. The van der Waals surface area contributed by atoms with Crippen LogP contribution in [-0.2, 0) is 9.59 Å². The zero-order valence-electron chi connectivity index (χ0n) is 14.4. The van der Waals surface area contributed by atoms with Crippen molar-refractivity contribution in [2.45, 2.75) is 18.9 Å². The van der Waals surface area contributed by atoms with E-state index in [1.54, 1.807) is 18.5 Å². The van der Waals surface area contributed by atoms with Crippen LogP contribution in [0.3, 0.4) is 0 Å². The molecule has 0 spiro atoms. The molecule has 2 aromatic rings. The average molecular weight is 370 g/mol. The van der Waals surface area contributed by atoms with E-state index in [0.29, 0.717) is 31.9 Å². The van der Waals surface area contributed by atoms with Gasteiger partial charge in [0, 0.05) is 49.3 Å². The fourth-order valence-corrected chi connectivity index (χ4v) is 2.81. The summed E-state index contributed by atoms with van der Waals surface area (Å²) in [5.74, 6) is -0.981. The van der Waals surface area contributed by atoms with Gasteiger partial charge in [0.25, 0.3) is 5.69 Å². The van der Waals surface area contributed by atoms with Crippen molar-refractivity contribution in [1.29, 1.82) is 0 Å². The summed E-state index contributed by atoms with van der Waals surface area (Å²) in [4.78, 5) is 44.7. The van der Waals surface area contributed by atoms with E-state index in [0.717, 1.165) is 0 Å². The molecule has 1 aliphatic heterocycles. The molecule has 1 fully saturated rings. The Bertz CT molecular complexity index is 836. The van der Waals surface area contributed by atoms with Crippen molar-refractivity contribution in [3.05, 3.63) is 52.8 Å². The van der Waals surface area contributed by atoms with Gasteiger partial charge >= 0.3 is 11.8 Å². The summed E-state index contributed by atoms with van der Waals surface area (Å²) in [6.45, 7) is 1.34. The van der Waals surface area contributed by atoms with Crippen molar-refractivity contribution in [3.8, 4) is 0 Å². The van der Waals surface area contributed by atoms with Gasteiger partial charge in [0.2, 0.25) is 5.95 Å². The predicted molar refractivity (Wildman–Crippen MR) is 97.1 cm³/mol. The number of carbonyl (C=O) groups is 2. The quantitative estimate of drug-likeness (QED) is 0.468. The molecule has 2 amide bonds. The van der Waals surface area contributed by atoms with Gasteiger partial charge in [-0.25, -0.2) is 9.97 Å². The molecule has 0 radical (unpaired) electrons. The lowest BCUT2D eigenvalue weighted by molar-refractivity contribution is -0.384. The van der Waals surface area contributed by atoms with Crippen LogP contribution in [0.5, 0.6) is 0 Å². The minimum absolute atomic E-state index is 0.131. The molecule has 1 aliphatic rings. The van der Waals surface area contributed by atoms with E-state index in [9.17, 15) is 19.7 Å². The first-order chi connectivity index (χ1) is 13.0. The van der Waals surface area contributed by atoms with Crippen LogP contribution < -0.4 is 15.5 Å². The van der Waals surface area contributed by atoms with Crippen LogP contribution in [-0.4, -0.2) is 45.8 Å². The molecule has 0 unspecified atom stereocenters. The molecular weight excluding hydrogens is 352 g/mol. The SMILES string of the molecule is O=C(Nc1cccc([N+](=O)[O-])c1)C(=O)NC1CCN(c2ncccn2)CC1. The Morgan fingerprint density at radius 2 is 1.81 bits per heavy atom. The number of amides is 2. The van der Waals surface area contributed by atoms with E-state index in [1.165, 1.54) is 24.3 Å². The number of benzene rings is 1. The summed E-state index contributed by atoms with van der Waals surface area (Å²) in [6, 6.07) is 7.04. The number of hydrogen-bond donors (Lipinski definition) is 2. The number of carbonyl (C=O) groups excluding carboxylic acids is 2. The second-order valence-electron chi connectivity index (χ2n) is 6.05. The molecule has 0 saturated carbocycles. The van der Waals surface area contributed by atoms with Crippen LogP contribution in [0.15, 0.2) is 42.7 Å². The smallest absolute Gasteiger partial charge is 0.313 e. The molecule has 140 valence electrons. The van der Waals surface area contributed by atoms with Crippen LogP contribution in [0.4, 0.5) is 17.3 Å². The van der Waals surface area contributed by atoms with Crippen molar-refractivity contribution in [2.75, 3.05) is 23.3 Å². The Hall–Kier alpha value is -3.56. The number of non-ortho nitro benzene ring substituents is 1. The van der Waals surface area contributed by atoms with Gasteiger partial charge in [-0.05, 0) is 25.0 Å². The molecule has 27 heavy (non-hydrogen) atoms. The van der Waals surface area contributed by atoms with Gasteiger partial charge in [-0.2, -0.15) is 0 Å². The lowest BCUT2D eigenvalue weighted by atomic mass is 10.1. The minimum atomic E-state index is -0.857. The average Bonchev–Trinajstić information content (AvgIpc) is 2.69. The second-order valence-corrected chi connectivity index (χ2v) is 6.05. The Morgan fingerprint density at radius 3 is 2.48 bits per heavy atom. The highest BCUT2D eigenvalue weighted by atomic mass is 16.6. The first kappa shape index (κ1) is 18.2. The summed E-state index contributed by atoms with van der Waals surface area (Å²) in [5.41, 5.74) is 0.0316. The van der Waals surface area contributed by atoms with E-state index in [1.807, 2.05) is 4.90 Å². The van der Waals surface area contributed by atoms with Crippen molar-refractivity contribution in [2.24, 2.45) is 0 Å².